The molecule has 0 aliphatic heterocycles. The Morgan fingerprint density at radius 1 is 0.905 bits per heavy atom. The number of carbonyl (C=O) groups is 1. The molecular weight excluding hydrogens is 524 g/mol. The number of carbonyl (C=O) groups excluding carboxylic acids is 1. The van der Waals surface area contributed by atoms with Crippen molar-refractivity contribution in [1.29, 1.82) is 0 Å². The van der Waals surface area contributed by atoms with Crippen molar-refractivity contribution in [2.45, 2.75) is 50.4 Å². The fourth-order valence-electron chi connectivity index (χ4n) is 6.58. The van der Waals surface area contributed by atoms with Gasteiger partial charge < -0.3 is 14.8 Å². The van der Waals surface area contributed by atoms with Gasteiger partial charge in [-0.05, 0) is 66.6 Å². The first-order chi connectivity index (χ1) is 20.7. The summed E-state index contributed by atoms with van der Waals surface area (Å²) in [5, 5.41) is 8.34. The van der Waals surface area contributed by atoms with Crippen LogP contribution in [0.5, 0.6) is 0 Å². The molecule has 1 saturated carbocycles. The first-order valence-electron chi connectivity index (χ1n) is 14.8. The second kappa shape index (κ2) is 11.8. The van der Waals surface area contributed by atoms with Crippen LogP contribution in [0.3, 0.4) is 0 Å². The predicted octanol–water partition coefficient (Wildman–Crippen LogP) is 6.76. The molecule has 2 heterocycles. The Morgan fingerprint density at radius 3 is 2.55 bits per heavy atom. The molecule has 0 saturated heterocycles. The van der Waals surface area contributed by atoms with Crippen LogP contribution < -0.4 is 5.32 Å². The van der Waals surface area contributed by atoms with Crippen LogP contribution in [0.4, 0.5) is 5.82 Å². The lowest BCUT2D eigenvalue weighted by Crippen LogP contribution is -2.25. The van der Waals surface area contributed by atoms with Crippen molar-refractivity contribution >= 4 is 17.3 Å². The Balaban J connectivity index is 1.10. The minimum atomic E-state index is -0.292. The second-order valence-corrected chi connectivity index (χ2v) is 11.3. The maximum absolute atomic E-state index is 13.0. The van der Waals surface area contributed by atoms with E-state index in [1.165, 1.54) is 11.1 Å². The lowest BCUT2D eigenvalue weighted by atomic mass is 10.0. The third kappa shape index (κ3) is 5.40. The average molecular weight is 559 g/mol. The number of nitrogens with zero attached hydrogens (tertiary/aromatic N) is 3. The fourth-order valence-corrected chi connectivity index (χ4v) is 6.58. The molecule has 0 spiro atoms. The van der Waals surface area contributed by atoms with Crippen LogP contribution in [0, 0.1) is 5.92 Å². The molecule has 42 heavy (non-hydrogen) atoms. The summed E-state index contributed by atoms with van der Waals surface area (Å²) in [5.41, 5.74) is 6.50. The Labute approximate surface area is 245 Å². The Hall–Kier alpha value is -4.49. The van der Waals surface area contributed by atoms with Gasteiger partial charge >= 0.3 is 5.97 Å². The van der Waals surface area contributed by atoms with E-state index in [-0.39, 0.29) is 30.0 Å². The first kappa shape index (κ1) is 26.4. The molecule has 3 aromatic carbocycles. The molecule has 7 nitrogen and oxygen atoms in total. The molecule has 2 aliphatic carbocycles. The number of rotatable bonds is 9. The predicted molar refractivity (Wildman–Crippen MR) is 161 cm³/mol. The molecule has 2 aliphatic rings. The second-order valence-electron chi connectivity index (χ2n) is 11.3. The normalized spacial score (nSPS) is 21.3. The summed E-state index contributed by atoms with van der Waals surface area (Å²) in [7, 11) is 0. The van der Waals surface area contributed by atoms with Crippen molar-refractivity contribution in [2.75, 3.05) is 11.9 Å². The highest BCUT2D eigenvalue weighted by Crippen LogP contribution is 2.42. The van der Waals surface area contributed by atoms with E-state index in [9.17, 15) is 4.79 Å². The van der Waals surface area contributed by atoms with Crippen LogP contribution in [-0.4, -0.2) is 33.3 Å². The Bertz CT molecular complexity index is 1670. The molecule has 7 rings (SSSR count). The van der Waals surface area contributed by atoms with E-state index in [0.29, 0.717) is 25.2 Å². The minimum absolute atomic E-state index is 0.0753. The molecule has 4 atom stereocenters. The molecule has 0 unspecified atom stereocenters. The van der Waals surface area contributed by atoms with Gasteiger partial charge in [-0.1, -0.05) is 72.8 Å². The summed E-state index contributed by atoms with van der Waals surface area (Å²) in [6, 6.07) is 32.5. The van der Waals surface area contributed by atoms with Crippen molar-refractivity contribution < 1.29 is 14.3 Å². The lowest BCUT2D eigenvalue weighted by Gasteiger charge is -2.20. The van der Waals surface area contributed by atoms with Crippen LogP contribution in [0.15, 0.2) is 103 Å². The van der Waals surface area contributed by atoms with E-state index in [1.54, 1.807) is 18.5 Å². The zero-order valence-corrected chi connectivity index (χ0v) is 23.4. The highest BCUT2D eigenvalue weighted by Gasteiger charge is 2.39. The largest absolute Gasteiger partial charge is 0.458 e. The van der Waals surface area contributed by atoms with E-state index < -0.39 is 0 Å². The van der Waals surface area contributed by atoms with Gasteiger partial charge in [0, 0.05) is 17.5 Å². The number of anilines is 1. The lowest BCUT2D eigenvalue weighted by molar-refractivity contribution is -0.000555. The summed E-state index contributed by atoms with van der Waals surface area (Å²) in [6.45, 7) is 1.05. The molecule has 1 N–H and O–H groups in total. The van der Waals surface area contributed by atoms with E-state index in [2.05, 4.69) is 63.9 Å². The smallest absolute Gasteiger partial charge is 0.338 e. The molecule has 2 aromatic heterocycles. The number of fused-ring (bicyclic) bond motifs is 2. The summed E-state index contributed by atoms with van der Waals surface area (Å²) >= 11 is 0. The van der Waals surface area contributed by atoms with Crippen molar-refractivity contribution in [2.24, 2.45) is 5.92 Å². The zero-order valence-electron chi connectivity index (χ0n) is 23.4. The molecule has 5 aromatic rings. The number of aromatic nitrogens is 3. The van der Waals surface area contributed by atoms with Gasteiger partial charge in [-0.2, -0.15) is 5.10 Å². The van der Waals surface area contributed by atoms with Crippen molar-refractivity contribution in [3.8, 4) is 0 Å². The van der Waals surface area contributed by atoms with Gasteiger partial charge in [0.25, 0.3) is 0 Å². The summed E-state index contributed by atoms with van der Waals surface area (Å²) in [6.07, 6.45) is 5.05. The number of benzene rings is 3. The monoisotopic (exact) mass is 558 g/mol. The number of ether oxygens (including phenoxy) is 2. The van der Waals surface area contributed by atoms with E-state index in [1.807, 2.05) is 40.9 Å². The standard InChI is InChI=1S/C35H34N4O3/c40-35(26-12-5-2-6-13-26)42-33-20-27(19-28(33)22-41-21-24-9-3-1-4-10-24)31-17-18-32-34(36-23-37-39(31)32)38-30-16-15-25-11-7-8-14-29(25)30/h1-14,17-18,23,27-28,30,33H,15-16,19-22H2,(H,36,37,38)/t27-,28+,30+,33+/m1/s1. The topological polar surface area (TPSA) is 77.8 Å². The number of nitrogens with one attached hydrogen (secondary N) is 1. The van der Waals surface area contributed by atoms with Crippen LogP contribution in [-0.2, 0) is 22.5 Å². The van der Waals surface area contributed by atoms with Gasteiger partial charge in [-0.3, -0.25) is 0 Å². The Kier molecular flexibility index (Phi) is 7.41. The number of hydrogen-bond donors (Lipinski definition) is 1. The maximum atomic E-state index is 13.0. The van der Waals surface area contributed by atoms with Crippen molar-refractivity contribution in [3.63, 3.8) is 0 Å². The molecular formula is C35H34N4O3. The zero-order chi connectivity index (χ0) is 28.3. The molecule has 0 radical (unpaired) electrons. The van der Waals surface area contributed by atoms with Crippen LogP contribution >= 0.6 is 0 Å². The third-order valence-electron chi connectivity index (χ3n) is 8.68. The van der Waals surface area contributed by atoms with Gasteiger partial charge in [0.1, 0.15) is 17.9 Å². The van der Waals surface area contributed by atoms with Gasteiger partial charge in [-0.15, -0.1) is 0 Å². The van der Waals surface area contributed by atoms with Gasteiger partial charge in [0.15, 0.2) is 5.82 Å². The molecule has 212 valence electrons. The molecule has 0 bridgehead atoms. The van der Waals surface area contributed by atoms with Crippen LogP contribution in [0.1, 0.15) is 64.0 Å². The van der Waals surface area contributed by atoms with Crippen molar-refractivity contribution in [3.05, 3.63) is 131 Å². The third-order valence-corrected chi connectivity index (χ3v) is 8.68. The average Bonchev–Trinajstić information content (AvgIpc) is 3.76. The summed E-state index contributed by atoms with van der Waals surface area (Å²) < 4.78 is 14.3. The summed E-state index contributed by atoms with van der Waals surface area (Å²) in [4.78, 5) is 17.7. The van der Waals surface area contributed by atoms with Gasteiger partial charge in [0.2, 0.25) is 0 Å². The number of hydrogen-bond acceptors (Lipinski definition) is 6. The molecule has 1 fully saturated rings. The van der Waals surface area contributed by atoms with Crippen LogP contribution in [0.25, 0.3) is 5.52 Å². The van der Waals surface area contributed by atoms with Crippen LogP contribution in [0.2, 0.25) is 0 Å². The quantitative estimate of drug-likeness (QED) is 0.201. The first-order valence-corrected chi connectivity index (χ1v) is 14.8. The highest BCUT2D eigenvalue weighted by molar-refractivity contribution is 5.89. The minimum Gasteiger partial charge on any atom is -0.458 e. The van der Waals surface area contributed by atoms with Gasteiger partial charge in [-0.25, -0.2) is 14.3 Å². The van der Waals surface area contributed by atoms with Crippen molar-refractivity contribution in [1.82, 2.24) is 14.6 Å². The van der Waals surface area contributed by atoms with Gasteiger partial charge in [0.05, 0.1) is 24.8 Å². The highest BCUT2D eigenvalue weighted by atomic mass is 16.5. The maximum Gasteiger partial charge on any atom is 0.338 e. The SMILES string of the molecule is O=C(O[C@H]1C[C@H](c2ccc3c(N[C@H]4CCc5ccccc54)ncnn23)C[C@H]1COCc1ccccc1)c1ccccc1. The molecule has 7 heteroatoms. The van der Waals surface area contributed by atoms with E-state index in [0.717, 1.165) is 41.9 Å². The number of esters is 1. The fraction of sp³-hybridized carbons (Fsp3) is 0.286. The van der Waals surface area contributed by atoms with E-state index in [4.69, 9.17) is 9.47 Å². The molecule has 0 amide bonds. The van der Waals surface area contributed by atoms with E-state index >= 15 is 0 Å². The Morgan fingerprint density at radius 2 is 1.69 bits per heavy atom. The number of aryl methyl sites for hydroxylation is 1. The summed E-state index contributed by atoms with van der Waals surface area (Å²) in [5.74, 6) is 0.790.